The van der Waals surface area contributed by atoms with Gasteiger partial charge in [0.15, 0.2) is 0 Å². The molecule has 2 heterocycles. The summed E-state index contributed by atoms with van der Waals surface area (Å²) in [5.74, 6) is 0. The van der Waals surface area contributed by atoms with E-state index in [9.17, 15) is 0 Å². The predicted octanol–water partition coefficient (Wildman–Crippen LogP) is 16.2. The molecule has 0 N–H and O–H groups in total. The van der Waals surface area contributed by atoms with Crippen molar-refractivity contribution < 1.29 is 8.98 Å². The van der Waals surface area contributed by atoms with Crippen molar-refractivity contribution in [1.82, 2.24) is 0 Å². The van der Waals surface area contributed by atoms with Gasteiger partial charge in [-0.1, -0.05) is 164 Å². The van der Waals surface area contributed by atoms with Crippen LogP contribution in [0.25, 0.3) is 44.2 Å². The van der Waals surface area contributed by atoms with Crippen molar-refractivity contribution in [3.63, 3.8) is 0 Å². The fraction of sp³-hybridized carbons (Fsp3) is 0.0164. The molecule has 1 aromatic heterocycles. The van der Waals surface area contributed by atoms with Crippen LogP contribution in [0.2, 0.25) is 0 Å². The molecule has 0 fully saturated rings. The topological polar surface area (TPSA) is 39.9 Å². The molecule has 1 unspecified atom stereocenters. The van der Waals surface area contributed by atoms with E-state index in [4.69, 9.17) is 4.42 Å². The lowest BCUT2D eigenvalue weighted by molar-refractivity contribution is 0.582. The molecule has 316 valence electrons. The molecule has 67 heavy (non-hydrogen) atoms. The molecule has 2 aliphatic carbocycles. The zero-order valence-electron chi connectivity index (χ0n) is 36.2. The summed E-state index contributed by atoms with van der Waals surface area (Å²) < 4.78 is 27.5. The molecule has 1 atom stereocenters. The molecule has 1 aliphatic heterocycles. The smallest absolute Gasteiger partial charge is 0.301 e. The van der Waals surface area contributed by atoms with E-state index in [1.165, 1.54) is 44.5 Å². The van der Waals surface area contributed by atoms with Gasteiger partial charge in [-0.05, 0) is 118 Å². The summed E-state index contributed by atoms with van der Waals surface area (Å²) in [5.41, 5.74) is 17.5. The lowest BCUT2D eigenvalue weighted by Gasteiger charge is -2.33. The molecule has 1 spiro atoms. The van der Waals surface area contributed by atoms with E-state index in [1.54, 1.807) is 0 Å². The standard InChI is InChI=1S/C61H40N3O2P/c65-67(44-24-8-3-9-25-44)63(41-20-4-1-5-21-41)53-39-38-43(40-56(53)64(67)42-22-6-2-7-23-42)62(55-35-19-37-58-60(55)48-29-13-17-36-57(48)66-58)54-34-18-33-52-59(54)47-28-12-16-32-51(47)61(52)49-30-14-10-26-45(49)46-27-11-15-31-50(46)61/h1-40H. The molecule has 0 saturated heterocycles. The summed E-state index contributed by atoms with van der Waals surface area (Å²) in [4.78, 5) is 2.42. The quantitative estimate of drug-likeness (QED) is 0.156. The van der Waals surface area contributed by atoms with Crippen LogP contribution in [0.3, 0.4) is 0 Å². The minimum Gasteiger partial charge on any atom is -0.456 e. The third-order valence-electron chi connectivity index (χ3n) is 14.2. The first kappa shape index (κ1) is 38.0. The second-order valence-electron chi connectivity index (χ2n) is 17.5. The maximum atomic E-state index is 16.7. The van der Waals surface area contributed by atoms with Gasteiger partial charge in [0.25, 0.3) is 0 Å². The van der Waals surface area contributed by atoms with Crippen molar-refractivity contribution in [2.45, 2.75) is 5.41 Å². The summed E-state index contributed by atoms with van der Waals surface area (Å²) in [6.45, 7) is 0. The van der Waals surface area contributed by atoms with E-state index >= 15 is 4.57 Å². The third kappa shape index (κ3) is 5.12. The SMILES string of the molecule is O=P1(c2ccccc2)N(c2ccccc2)c2ccc(N(c3cccc4c3-c3ccccc3C43c4ccccc4-c4ccccc43)c3cccc4oc5ccccc5c34)cc2N1c1ccccc1. The zero-order chi connectivity index (χ0) is 44.3. The van der Waals surface area contributed by atoms with Crippen LogP contribution in [-0.4, -0.2) is 0 Å². The molecule has 0 bridgehead atoms. The Kier molecular flexibility index (Phi) is 8.11. The molecule has 0 radical (unpaired) electrons. The molecule has 11 aromatic rings. The second kappa shape index (κ2) is 14.3. The highest BCUT2D eigenvalue weighted by atomic mass is 31.2. The van der Waals surface area contributed by atoms with Crippen LogP contribution >= 0.6 is 7.44 Å². The van der Waals surface area contributed by atoms with Gasteiger partial charge in [-0.15, -0.1) is 0 Å². The maximum Gasteiger partial charge on any atom is 0.301 e. The van der Waals surface area contributed by atoms with Crippen molar-refractivity contribution in [2.75, 3.05) is 14.2 Å². The highest BCUT2D eigenvalue weighted by Gasteiger charge is 2.53. The minimum absolute atomic E-state index is 0.532. The Hall–Kier alpha value is -8.37. The first-order chi connectivity index (χ1) is 33.2. The average molecular weight is 878 g/mol. The molecular formula is C61H40N3O2P. The molecule has 0 amide bonds. The maximum absolute atomic E-state index is 16.7. The van der Waals surface area contributed by atoms with Gasteiger partial charge in [0.1, 0.15) is 11.2 Å². The Morgan fingerprint density at radius 2 is 0.925 bits per heavy atom. The average Bonchev–Trinajstić information content (AvgIpc) is 4.10. The van der Waals surface area contributed by atoms with Crippen molar-refractivity contribution >= 4 is 74.5 Å². The number of hydrogen-bond acceptors (Lipinski definition) is 3. The van der Waals surface area contributed by atoms with Crippen LogP contribution in [0.5, 0.6) is 0 Å². The van der Waals surface area contributed by atoms with Crippen molar-refractivity contribution in [2.24, 2.45) is 0 Å². The van der Waals surface area contributed by atoms with Gasteiger partial charge >= 0.3 is 7.44 Å². The second-order valence-corrected chi connectivity index (χ2v) is 19.9. The fourth-order valence-corrected chi connectivity index (χ4v) is 14.6. The van der Waals surface area contributed by atoms with Gasteiger partial charge in [0, 0.05) is 28.0 Å². The zero-order valence-corrected chi connectivity index (χ0v) is 37.1. The number of nitrogens with zero attached hydrogens (tertiary/aromatic N) is 3. The predicted molar refractivity (Wildman–Crippen MR) is 276 cm³/mol. The van der Waals surface area contributed by atoms with Crippen molar-refractivity contribution in [3.05, 3.63) is 265 Å². The summed E-state index contributed by atoms with van der Waals surface area (Å²) in [6, 6.07) is 85.3. The Morgan fingerprint density at radius 1 is 0.418 bits per heavy atom. The monoisotopic (exact) mass is 877 g/mol. The Bertz CT molecular complexity index is 3780. The molecule has 3 aliphatic rings. The van der Waals surface area contributed by atoms with E-state index in [0.717, 1.165) is 67.1 Å². The van der Waals surface area contributed by atoms with E-state index < -0.39 is 12.9 Å². The minimum atomic E-state index is -3.63. The largest absolute Gasteiger partial charge is 0.456 e. The molecule has 10 aromatic carbocycles. The van der Waals surface area contributed by atoms with Crippen LogP contribution in [0.4, 0.5) is 39.8 Å². The number of fused-ring (bicyclic) bond motifs is 14. The van der Waals surface area contributed by atoms with Crippen molar-refractivity contribution in [3.8, 4) is 22.3 Å². The van der Waals surface area contributed by atoms with E-state index in [-0.39, 0.29) is 0 Å². The van der Waals surface area contributed by atoms with Gasteiger partial charge in [0.2, 0.25) is 0 Å². The van der Waals surface area contributed by atoms with Crippen LogP contribution in [0.1, 0.15) is 22.3 Å². The van der Waals surface area contributed by atoms with Crippen LogP contribution in [-0.2, 0) is 9.98 Å². The first-order valence-corrected chi connectivity index (χ1v) is 24.4. The Balaban J connectivity index is 1.09. The Labute approximate surface area is 388 Å². The van der Waals surface area contributed by atoms with Crippen molar-refractivity contribution in [1.29, 1.82) is 0 Å². The van der Waals surface area contributed by atoms with E-state index in [0.29, 0.717) is 0 Å². The van der Waals surface area contributed by atoms with Gasteiger partial charge in [-0.25, -0.2) is 0 Å². The van der Waals surface area contributed by atoms with Gasteiger partial charge in [-0.2, -0.15) is 0 Å². The fourth-order valence-electron chi connectivity index (χ4n) is 11.6. The number of benzene rings is 10. The normalized spacial score (nSPS) is 15.9. The highest BCUT2D eigenvalue weighted by molar-refractivity contribution is 7.76. The Morgan fingerprint density at radius 3 is 1.61 bits per heavy atom. The number of hydrogen-bond donors (Lipinski definition) is 0. The van der Waals surface area contributed by atoms with Gasteiger partial charge < -0.3 is 9.32 Å². The molecule has 6 heteroatoms. The molecule has 5 nitrogen and oxygen atoms in total. The number of furan rings is 1. The summed E-state index contributed by atoms with van der Waals surface area (Å²) >= 11 is 0. The van der Waals surface area contributed by atoms with Crippen LogP contribution in [0, 0.1) is 0 Å². The van der Waals surface area contributed by atoms with Gasteiger partial charge in [-0.3, -0.25) is 13.9 Å². The number of para-hydroxylation sites is 3. The number of anilines is 7. The lowest BCUT2D eigenvalue weighted by Crippen LogP contribution is -2.26. The third-order valence-corrected chi connectivity index (χ3v) is 17.1. The van der Waals surface area contributed by atoms with Crippen LogP contribution < -0.4 is 19.5 Å². The molecular weight excluding hydrogens is 838 g/mol. The molecule has 14 rings (SSSR count). The summed E-state index contributed by atoms with van der Waals surface area (Å²) in [7, 11) is -3.63. The summed E-state index contributed by atoms with van der Waals surface area (Å²) in [5, 5.41) is 2.80. The van der Waals surface area contributed by atoms with E-state index in [1.807, 2.05) is 78.9 Å². The first-order valence-electron chi connectivity index (χ1n) is 22.8. The molecule has 0 saturated carbocycles. The highest BCUT2D eigenvalue weighted by Crippen LogP contribution is 2.71. The number of rotatable bonds is 6. The van der Waals surface area contributed by atoms with Crippen LogP contribution in [0.15, 0.2) is 247 Å². The van der Waals surface area contributed by atoms with Gasteiger partial charge in [0.05, 0.1) is 38.9 Å². The lowest BCUT2D eigenvalue weighted by atomic mass is 9.70. The summed E-state index contributed by atoms with van der Waals surface area (Å²) in [6.07, 6.45) is 0. The van der Waals surface area contributed by atoms with E-state index in [2.05, 4.69) is 178 Å².